The summed E-state index contributed by atoms with van der Waals surface area (Å²) in [6.07, 6.45) is 73.5. The van der Waals surface area contributed by atoms with E-state index >= 15 is 0 Å². The van der Waals surface area contributed by atoms with Gasteiger partial charge in [-0.25, -0.2) is 9.13 Å². The predicted octanol–water partition coefficient (Wildman–Crippen LogP) is 27.4. The lowest BCUT2D eigenvalue weighted by molar-refractivity contribution is -0.161. The molecule has 0 fully saturated rings. The molecule has 0 radical (unpaired) electrons. The van der Waals surface area contributed by atoms with Crippen LogP contribution in [0.1, 0.15) is 478 Å². The van der Waals surface area contributed by atoms with Gasteiger partial charge in [-0.1, -0.05) is 427 Å². The lowest BCUT2D eigenvalue weighted by Crippen LogP contribution is -2.30. The van der Waals surface area contributed by atoms with Crippen LogP contribution in [0.2, 0.25) is 0 Å². The van der Waals surface area contributed by atoms with E-state index < -0.39 is 97.5 Å². The highest BCUT2D eigenvalue weighted by molar-refractivity contribution is 7.47. The van der Waals surface area contributed by atoms with Crippen LogP contribution in [0.5, 0.6) is 0 Å². The quantitative estimate of drug-likeness (QED) is 0.0222. The first-order valence-corrected chi connectivity index (χ1v) is 49.0. The summed E-state index contributed by atoms with van der Waals surface area (Å²) in [6, 6.07) is 0. The SMILES string of the molecule is CCCCCCCCCCCCCCCCCCCCCCC(=O)O[C@H](COC(=O)CCCCCCCCCCCCCCCCCCC(C)C)COP(=O)(O)OC[C@@H](O)COP(=O)(O)OC[C@@H](COC(=O)CCCCCCCCCCCCCCC)OC(=O)CCCCCCCCCCCCCCCC(C)C. The van der Waals surface area contributed by atoms with Crippen molar-refractivity contribution in [2.24, 2.45) is 11.8 Å². The van der Waals surface area contributed by atoms with Gasteiger partial charge in [-0.15, -0.1) is 0 Å². The van der Waals surface area contributed by atoms with Crippen molar-refractivity contribution in [2.45, 2.75) is 496 Å². The van der Waals surface area contributed by atoms with Gasteiger partial charge in [0.15, 0.2) is 12.2 Å². The standard InChI is InChI=1S/C89H174O17P2/c1-7-9-11-13-15-17-19-21-22-23-24-25-26-31-37-43-49-55-61-67-73-88(93)105-85(78-100-87(92)72-66-60-54-48-42-36-30-28-27-29-34-39-45-51-57-63-69-81(3)4)80-104-108(97,98)102-76-83(90)75-101-107(95,96)103-79-84(77-99-86(91)71-65-59-53-47-41-33-20-18-16-14-12-10-8-2)106-89(94)74-68-62-56-50-44-38-32-35-40-46-52-58-64-70-82(5)6/h81-85,90H,7-80H2,1-6H3,(H,95,96)(H,97,98)/t83-,84+,85+/m0/s1. The van der Waals surface area contributed by atoms with E-state index in [4.69, 9.17) is 37.0 Å². The molecule has 0 saturated heterocycles. The Kier molecular flexibility index (Phi) is 78.8. The van der Waals surface area contributed by atoms with Crippen molar-refractivity contribution in [1.82, 2.24) is 0 Å². The normalized spacial score (nSPS) is 13.8. The highest BCUT2D eigenvalue weighted by Crippen LogP contribution is 2.45. The van der Waals surface area contributed by atoms with E-state index in [1.807, 2.05) is 0 Å². The number of aliphatic hydroxyl groups is 1. The van der Waals surface area contributed by atoms with Gasteiger partial charge in [-0.05, 0) is 37.5 Å². The van der Waals surface area contributed by atoms with Gasteiger partial charge in [0.2, 0.25) is 0 Å². The monoisotopic (exact) mass is 1580 g/mol. The third-order valence-corrected chi connectivity index (χ3v) is 22.9. The minimum atomic E-state index is -4.97. The van der Waals surface area contributed by atoms with E-state index in [-0.39, 0.29) is 25.7 Å². The van der Waals surface area contributed by atoms with Gasteiger partial charge in [-0.3, -0.25) is 37.3 Å². The fourth-order valence-electron chi connectivity index (χ4n) is 14.0. The molecule has 0 aromatic rings. The fraction of sp³-hybridized carbons (Fsp3) is 0.955. The number of carbonyl (C=O) groups is 4. The molecule has 3 N–H and O–H groups in total. The number of hydrogen-bond donors (Lipinski definition) is 3. The highest BCUT2D eigenvalue weighted by Gasteiger charge is 2.31. The molecule has 0 saturated carbocycles. The molecule has 0 amide bonds. The molecular formula is C89H174O17P2. The maximum atomic E-state index is 13.2. The second-order valence-electron chi connectivity index (χ2n) is 32.9. The topological polar surface area (TPSA) is 237 Å². The molecule has 0 aromatic carbocycles. The number of phosphoric acid groups is 2. The van der Waals surface area contributed by atoms with Crippen molar-refractivity contribution in [1.29, 1.82) is 0 Å². The van der Waals surface area contributed by atoms with Crippen LogP contribution in [0, 0.1) is 11.8 Å². The van der Waals surface area contributed by atoms with E-state index in [1.54, 1.807) is 0 Å². The van der Waals surface area contributed by atoms with Crippen molar-refractivity contribution in [3.8, 4) is 0 Å². The van der Waals surface area contributed by atoms with Gasteiger partial charge in [0.1, 0.15) is 19.3 Å². The lowest BCUT2D eigenvalue weighted by Gasteiger charge is -2.21. The summed E-state index contributed by atoms with van der Waals surface area (Å²) < 4.78 is 69.0. The molecule has 17 nitrogen and oxygen atoms in total. The zero-order chi connectivity index (χ0) is 79.2. The van der Waals surface area contributed by atoms with Crippen LogP contribution >= 0.6 is 15.6 Å². The Morgan fingerprint density at radius 1 is 0.250 bits per heavy atom. The number of ether oxygens (including phenoxy) is 4. The van der Waals surface area contributed by atoms with Crippen molar-refractivity contribution in [2.75, 3.05) is 39.6 Å². The lowest BCUT2D eigenvalue weighted by atomic mass is 10.0. The smallest absolute Gasteiger partial charge is 0.462 e. The van der Waals surface area contributed by atoms with Gasteiger partial charge in [0, 0.05) is 25.7 Å². The predicted molar refractivity (Wildman–Crippen MR) is 446 cm³/mol. The van der Waals surface area contributed by atoms with Crippen LogP contribution < -0.4 is 0 Å². The second-order valence-corrected chi connectivity index (χ2v) is 35.8. The van der Waals surface area contributed by atoms with Gasteiger partial charge >= 0.3 is 39.5 Å². The Morgan fingerprint density at radius 3 is 0.630 bits per heavy atom. The summed E-state index contributed by atoms with van der Waals surface area (Å²) in [5.41, 5.74) is 0. The van der Waals surface area contributed by atoms with Crippen LogP contribution in [0.25, 0.3) is 0 Å². The third-order valence-electron chi connectivity index (χ3n) is 21.0. The number of unbranched alkanes of at least 4 members (excludes halogenated alkanes) is 58. The summed E-state index contributed by atoms with van der Waals surface area (Å²) in [7, 11) is -9.93. The zero-order valence-electron chi connectivity index (χ0n) is 71.2. The Morgan fingerprint density at radius 2 is 0.426 bits per heavy atom. The van der Waals surface area contributed by atoms with Gasteiger partial charge in [0.05, 0.1) is 26.4 Å². The van der Waals surface area contributed by atoms with Crippen molar-refractivity contribution in [3.05, 3.63) is 0 Å². The van der Waals surface area contributed by atoms with Crippen molar-refractivity contribution in [3.63, 3.8) is 0 Å². The number of phosphoric ester groups is 2. The molecule has 5 atom stereocenters. The molecule has 0 aliphatic rings. The average molecular weight is 1580 g/mol. The highest BCUT2D eigenvalue weighted by atomic mass is 31.2. The van der Waals surface area contributed by atoms with E-state index in [2.05, 4.69) is 41.5 Å². The summed E-state index contributed by atoms with van der Waals surface area (Å²) in [4.78, 5) is 73.4. The van der Waals surface area contributed by atoms with E-state index in [0.29, 0.717) is 25.7 Å². The molecule has 0 aliphatic carbocycles. The minimum Gasteiger partial charge on any atom is -0.462 e. The molecule has 2 unspecified atom stereocenters. The maximum Gasteiger partial charge on any atom is 0.472 e. The minimum absolute atomic E-state index is 0.108. The molecule has 0 aromatic heterocycles. The molecule has 0 rings (SSSR count). The Bertz CT molecular complexity index is 2060. The maximum absolute atomic E-state index is 13.2. The van der Waals surface area contributed by atoms with Gasteiger partial charge in [-0.2, -0.15) is 0 Å². The second kappa shape index (κ2) is 80.3. The van der Waals surface area contributed by atoms with Crippen molar-refractivity contribution < 1.29 is 80.2 Å². The third kappa shape index (κ3) is 82.1. The Labute approximate surface area is 664 Å². The Balaban J connectivity index is 5.26. The molecule has 108 heavy (non-hydrogen) atoms. The molecule has 642 valence electrons. The molecular weight excluding hydrogens is 1400 g/mol. The number of hydrogen-bond acceptors (Lipinski definition) is 15. The van der Waals surface area contributed by atoms with Gasteiger partial charge < -0.3 is 33.8 Å². The Hall–Kier alpha value is -1.94. The van der Waals surface area contributed by atoms with Gasteiger partial charge in [0.25, 0.3) is 0 Å². The molecule has 0 aliphatic heterocycles. The van der Waals surface area contributed by atoms with Crippen LogP contribution in [0.3, 0.4) is 0 Å². The molecule has 0 spiro atoms. The van der Waals surface area contributed by atoms with E-state index in [0.717, 1.165) is 102 Å². The van der Waals surface area contributed by atoms with Crippen LogP contribution in [-0.4, -0.2) is 96.7 Å². The first-order valence-electron chi connectivity index (χ1n) is 46.0. The fourth-order valence-corrected chi connectivity index (χ4v) is 15.5. The van der Waals surface area contributed by atoms with Crippen LogP contribution in [0.4, 0.5) is 0 Å². The molecule has 0 heterocycles. The largest absolute Gasteiger partial charge is 0.472 e. The number of rotatable bonds is 88. The van der Waals surface area contributed by atoms with E-state index in [1.165, 1.54) is 295 Å². The zero-order valence-corrected chi connectivity index (χ0v) is 73.0. The summed E-state index contributed by atoms with van der Waals surface area (Å²) >= 11 is 0. The number of carbonyl (C=O) groups excluding carboxylic acids is 4. The molecule has 0 bridgehead atoms. The van der Waals surface area contributed by atoms with Crippen LogP contribution in [0.15, 0.2) is 0 Å². The number of esters is 4. The van der Waals surface area contributed by atoms with E-state index in [9.17, 15) is 43.2 Å². The molecule has 19 heteroatoms. The summed E-state index contributed by atoms with van der Waals surface area (Å²) in [5.74, 6) is -0.497. The average Bonchev–Trinajstić information content (AvgIpc) is 0.898. The summed E-state index contributed by atoms with van der Waals surface area (Å²) in [5, 5.41) is 10.7. The number of aliphatic hydroxyl groups excluding tert-OH is 1. The summed E-state index contributed by atoms with van der Waals surface area (Å²) in [6.45, 7) is 9.74. The first kappa shape index (κ1) is 106. The van der Waals surface area contributed by atoms with Crippen molar-refractivity contribution >= 4 is 39.5 Å². The first-order chi connectivity index (χ1) is 52.4. The van der Waals surface area contributed by atoms with Crippen LogP contribution in [-0.2, 0) is 65.4 Å².